The van der Waals surface area contributed by atoms with E-state index in [2.05, 4.69) is 17.1 Å². The van der Waals surface area contributed by atoms with Gasteiger partial charge in [0, 0.05) is 11.6 Å². The van der Waals surface area contributed by atoms with Crippen LogP contribution in [0.5, 0.6) is 5.75 Å². The monoisotopic (exact) mass is 289 g/mol. The number of halogens is 1. The van der Waals surface area contributed by atoms with E-state index in [0.717, 1.165) is 30.4 Å². The summed E-state index contributed by atoms with van der Waals surface area (Å²) in [5.74, 6) is 1.93. The zero-order chi connectivity index (χ0) is 14.7. The molecule has 0 radical (unpaired) electrons. The number of nitrogens with zero attached hydrogens (tertiary/aromatic N) is 1. The van der Waals surface area contributed by atoms with Crippen LogP contribution in [-0.2, 0) is 0 Å². The summed E-state index contributed by atoms with van der Waals surface area (Å²) in [6, 6.07) is 3.67. The van der Waals surface area contributed by atoms with E-state index in [4.69, 9.17) is 4.74 Å². The second-order valence-corrected chi connectivity index (χ2v) is 6.27. The van der Waals surface area contributed by atoms with Gasteiger partial charge in [-0.2, -0.15) is 4.39 Å². The molecule has 114 valence electrons. The fourth-order valence-electron chi connectivity index (χ4n) is 3.84. The number of hydrogen-bond donors (Lipinski definition) is 0. The van der Waals surface area contributed by atoms with Crippen LogP contribution in [0.1, 0.15) is 57.1 Å². The van der Waals surface area contributed by atoms with Crippen LogP contribution in [0.4, 0.5) is 4.39 Å². The second kappa shape index (κ2) is 6.59. The van der Waals surface area contributed by atoms with Gasteiger partial charge in [0.1, 0.15) is 0 Å². The van der Waals surface area contributed by atoms with Crippen LogP contribution in [0.25, 0.3) is 0 Å². The highest BCUT2D eigenvalue weighted by Gasteiger charge is 2.29. The molecule has 1 aromatic heterocycles. The minimum Gasteiger partial charge on any atom is -0.489 e. The molecule has 2 nitrogen and oxygen atoms in total. The lowest BCUT2D eigenvalue weighted by atomic mass is 9.74. The first-order valence-electron chi connectivity index (χ1n) is 8.22. The van der Waals surface area contributed by atoms with Crippen molar-refractivity contribution in [3.05, 3.63) is 35.9 Å². The highest BCUT2D eigenvalue weighted by atomic mass is 19.1. The maximum atomic E-state index is 13.9. The molecule has 0 aromatic carbocycles. The van der Waals surface area contributed by atoms with Crippen LogP contribution in [0.15, 0.2) is 24.3 Å². The van der Waals surface area contributed by atoms with Crippen molar-refractivity contribution in [2.24, 2.45) is 11.8 Å². The second-order valence-electron chi connectivity index (χ2n) is 6.27. The van der Waals surface area contributed by atoms with Crippen LogP contribution in [0, 0.1) is 17.8 Å². The quantitative estimate of drug-likeness (QED) is 0.583. The molecule has 3 rings (SSSR count). The van der Waals surface area contributed by atoms with E-state index < -0.39 is 5.95 Å². The zero-order valence-corrected chi connectivity index (χ0v) is 12.7. The zero-order valence-electron chi connectivity index (χ0n) is 12.7. The summed E-state index contributed by atoms with van der Waals surface area (Å²) in [4.78, 5) is 4.13. The van der Waals surface area contributed by atoms with Crippen molar-refractivity contribution >= 4 is 0 Å². The van der Waals surface area contributed by atoms with Crippen molar-refractivity contribution in [1.29, 1.82) is 0 Å². The molecule has 0 atom stereocenters. The fraction of sp³-hybridized carbons (Fsp3) is 0.611. The average molecular weight is 289 g/mol. The van der Waals surface area contributed by atoms with Gasteiger partial charge in [0.05, 0.1) is 6.61 Å². The number of ether oxygens (including phenoxy) is 1. The van der Waals surface area contributed by atoms with Crippen molar-refractivity contribution in [1.82, 2.24) is 4.98 Å². The van der Waals surface area contributed by atoms with Gasteiger partial charge in [0.15, 0.2) is 5.75 Å². The maximum absolute atomic E-state index is 13.9. The first-order valence-corrected chi connectivity index (χ1v) is 8.22. The molecule has 1 aromatic rings. The van der Waals surface area contributed by atoms with Crippen LogP contribution >= 0.6 is 0 Å². The smallest absolute Gasteiger partial charge is 0.255 e. The summed E-state index contributed by atoms with van der Waals surface area (Å²) in [5.41, 5.74) is 0.902. The molecule has 0 saturated heterocycles. The Balaban J connectivity index is 1.60. The molecule has 2 aliphatic rings. The molecule has 3 heteroatoms. The summed E-state index contributed by atoms with van der Waals surface area (Å²) in [5, 5.41) is 0. The van der Waals surface area contributed by atoms with Gasteiger partial charge < -0.3 is 4.74 Å². The standard InChI is InChI=1S/C18H24FNO/c1-2-21-17-12-11-16(20-18(17)19)15-9-7-14(8-10-15)13-5-3-4-6-13/h3-4,11-15H,2,5-10H2,1H3. The Morgan fingerprint density at radius 3 is 2.43 bits per heavy atom. The van der Waals surface area contributed by atoms with Gasteiger partial charge in [-0.1, -0.05) is 12.2 Å². The first kappa shape index (κ1) is 14.6. The number of hydrogen-bond acceptors (Lipinski definition) is 2. The molecular weight excluding hydrogens is 265 g/mol. The molecule has 21 heavy (non-hydrogen) atoms. The third-order valence-corrected chi connectivity index (χ3v) is 5.04. The molecule has 1 fully saturated rings. The molecule has 2 aliphatic carbocycles. The minimum absolute atomic E-state index is 0.270. The van der Waals surface area contributed by atoms with E-state index in [-0.39, 0.29) is 5.75 Å². The number of pyridine rings is 1. The van der Waals surface area contributed by atoms with Crippen molar-refractivity contribution in [3.63, 3.8) is 0 Å². The summed E-state index contributed by atoms with van der Waals surface area (Å²) in [6.07, 6.45) is 11.9. The van der Waals surface area contributed by atoms with Gasteiger partial charge in [-0.15, -0.1) is 0 Å². The molecule has 1 heterocycles. The number of aromatic nitrogens is 1. The van der Waals surface area contributed by atoms with Crippen LogP contribution in [-0.4, -0.2) is 11.6 Å². The van der Waals surface area contributed by atoms with Crippen molar-refractivity contribution in [3.8, 4) is 5.75 Å². The van der Waals surface area contributed by atoms with Gasteiger partial charge >= 0.3 is 0 Å². The fourth-order valence-corrected chi connectivity index (χ4v) is 3.84. The van der Waals surface area contributed by atoms with Crippen LogP contribution < -0.4 is 4.74 Å². The van der Waals surface area contributed by atoms with Gasteiger partial charge in [-0.3, -0.25) is 0 Å². The largest absolute Gasteiger partial charge is 0.489 e. The number of allylic oxidation sites excluding steroid dienone is 2. The van der Waals surface area contributed by atoms with E-state index in [1.165, 1.54) is 25.7 Å². The summed E-state index contributed by atoms with van der Waals surface area (Å²) < 4.78 is 19.1. The Morgan fingerprint density at radius 1 is 1.10 bits per heavy atom. The van der Waals surface area contributed by atoms with Crippen molar-refractivity contribution < 1.29 is 9.13 Å². The normalized spacial score (nSPS) is 26.2. The Morgan fingerprint density at radius 2 is 1.81 bits per heavy atom. The topological polar surface area (TPSA) is 22.1 Å². The molecule has 0 amide bonds. The molecule has 0 N–H and O–H groups in total. The lowest BCUT2D eigenvalue weighted by Gasteiger charge is -2.32. The van der Waals surface area contributed by atoms with Gasteiger partial charge in [-0.25, -0.2) is 4.98 Å². The summed E-state index contributed by atoms with van der Waals surface area (Å²) in [7, 11) is 0. The van der Waals surface area contributed by atoms with Crippen molar-refractivity contribution in [2.45, 2.75) is 51.4 Å². The molecule has 0 spiro atoms. The SMILES string of the molecule is CCOc1ccc(C2CCC(C3CC=CC3)CC2)nc1F. The summed E-state index contributed by atoms with van der Waals surface area (Å²) >= 11 is 0. The minimum atomic E-state index is -0.462. The third kappa shape index (κ3) is 3.28. The molecule has 0 unspecified atom stereocenters. The predicted octanol–water partition coefficient (Wildman–Crippen LogP) is 4.86. The van der Waals surface area contributed by atoms with E-state index in [1.807, 2.05) is 13.0 Å². The molecule has 0 aliphatic heterocycles. The molecule has 0 bridgehead atoms. The van der Waals surface area contributed by atoms with Gasteiger partial charge in [0.25, 0.3) is 5.95 Å². The Bertz CT molecular complexity index is 498. The van der Waals surface area contributed by atoms with Crippen LogP contribution in [0.2, 0.25) is 0 Å². The van der Waals surface area contributed by atoms with E-state index in [1.54, 1.807) is 6.07 Å². The van der Waals surface area contributed by atoms with E-state index in [0.29, 0.717) is 12.5 Å². The predicted molar refractivity (Wildman–Crippen MR) is 81.9 cm³/mol. The van der Waals surface area contributed by atoms with Crippen LogP contribution in [0.3, 0.4) is 0 Å². The Labute approximate surface area is 126 Å². The molecule has 1 saturated carbocycles. The van der Waals surface area contributed by atoms with Gasteiger partial charge in [0.2, 0.25) is 0 Å². The average Bonchev–Trinajstić information content (AvgIpc) is 3.04. The summed E-state index contributed by atoms with van der Waals surface area (Å²) in [6.45, 7) is 2.32. The molecular formula is C18H24FNO. The highest BCUT2D eigenvalue weighted by Crippen LogP contribution is 2.41. The third-order valence-electron chi connectivity index (χ3n) is 5.04. The lowest BCUT2D eigenvalue weighted by Crippen LogP contribution is -2.20. The Hall–Kier alpha value is -1.38. The van der Waals surface area contributed by atoms with Crippen molar-refractivity contribution in [2.75, 3.05) is 6.61 Å². The van der Waals surface area contributed by atoms with E-state index in [9.17, 15) is 4.39 Å². The lowest BCUT2D eigenvalue weighted by molar-refractivity contribution is 0.237. The number of rotatable bonds is 4. The Kier molecular flexibility index (Phi) is 4.57. The van der Waals surface area contributed by atoms with E-state index >= 15 is 0 Å². The first-order chi connectivity index (χ1) is 10.3. The highest BCUT2D eigenvalue weighted by molar-refractivity contribution is 5.24. The maximum Gasteiger partial charge on any atom is 0.255 e. The van der Waals surface area contributed by atoms with Gasteiger partial charge in [-0.05, 0) is 69.4 Å².